The number of hydrogen-bond acceptors (Lipinski definition) is 6. The quantitative estimate of drug-likeness (QED) is 0.850. The van der Waals surface area contributed by atoms with Crippen molar-refractivity contribution in [3.8, 4) is 0 Å². The Kier molecular flexibility index (Phi) is 3.97. The molecule has 0 N–H and O–H groups in total. The van der Waals surface area contributed by atoms with E-state index < -0.39 is 0 Å². The molecule has 1 saturated heterocycles. The normalized spacial score (nSPS) is 21.0. The molecule has 0 amide bonds. The molecule has 3 heterocycles. The van der Waals surface area contributed by atoms with Crippen molar-refractivity contribution >= 4 is 11.6 Å². The van der Waals surface area contributed by atoms with Crippen molar-refractivity contribution in [3.63, 3.8) is 0 Å². The second kappa shape index (κ2) is 5.75. The molecule has 1 aliphatic heterocycles. The minimum absolute atomic E-state index is 0.118. The molecule has 1 fully saturated rings. The zero-order chi connectivity index (χ0) is 15.0. The van der Waals surface area contributed by atoms with E-state index in [1.165, 1.54) is 0 Å². The Labute approximate surface area is 128 Å². The second-order valence-electron chi connectivity index (χ2n) is 5.47. The summed E-state index contributed by atoms with van der Waals surface area (Å²) < 4.78 is 7.16. The molecule has 2 aromatic rings. The highest BCUT2D eigenvalue weighted by molar-refractivity contribution is 6.31. The van der Waals surface area contributed by atoms with Gasteiger partial charge in [0.2, 0.25) is 5.89 Å². The first-order chi connectivity index (χ1) is 10.0. The molecule has 0 aliphatic carbocycles. The van der Waals surface area contributed by atoms with Crippen molar-refractivity contribution < 1.29 is 4.52 Å². The fourth-order valence-electron chi connectivity index (χ4n) is 2.61. The smallest absolute Gasteiger partial charge is 0.245 e. The molecule has 8 heteroatoms. The van der Waals surface area contributed by atoms with Crippen LogP contribution < -0.4 is 0 Å². The summed E-state index contributed by atoms with van der Waals surface area (Å²) in [6, 6.07) is 0.118. The predicted molar refractivity (Wildman–Crippen MR) is 77.9 cm³/mol. The molecule has 1 aliphatic rings. The van der Waals surface area contributed by atoms with E-state index >= 15 is 0 Å². The van der Waals surface area contributed by atoms with Gasteiger partial charge in [-0.3, -0.25) is 14.5 Å². The van der Waals surface area contributed by atoms with E-state index in [-0.39, 0.29) is 6.04 Å². The number of aromatic nitrogens is 4. The van der Waals surface area contributed by atoms with E-state index in [9.17, 15) is 0 Å². The highest BCUT2D eigenvalue weighted by Gasteiger charge is 2.30. The van der Waals surface area contributed by atoms with Crippen molar-refractivity contribution in [1.82, 2.24) is 29.7 Å². The van der Waals surface area contributed by atoms with Crippen LogP contribution in [0.3, 0.4) is 0 Å². The summed E-state index contributed by atoms with van der Waals surface area (Å²) in [5, 5.41) is 8.78. The van der Waals surface area contributed by atoms with Crippen LogP contribution in [0.1, 0.15) is 23.5 Å². The van der Waals surface area contributed by atoms with Crippen LogP contribution in [0.4, 0.5) is 0 Å². The van der Waals surface area contributed by atoms with Gasteiger partial charge in [-0.05, 0) is 14.0 Å². The third-order valence-corrected chi connectivity index (χ3v) is 4.26. The predicted octanol–water partition coefficient (Wildman–Crippen LogP) is 1.25. The number of nitrogens with zero attached hydrogens (tertiary/aromatic N) is 6. The van der Waals surface area contributed by atoms with Crippen LogP contribution in [0.15, 0.2) is 10.7 Å². The lowest BCUT2D eigenvalue weighted by molar-refractivity contribution is 0.0700. The maximum Gasteiger partial charge on any atom is 0.245 e. The number of likely N-dealkylation sites (N-methyl/N-ethyl adjacent to an activating group) is 1. The molecule has 7 nitrogen and oxygen atoms in total. The summed E-state index contributed by atoms with van der Waals surface area (Å²) >= 11 is 6.19. The van der Waals surface area contributed by atoms with Gasteiger partial charge in [0.05, 0.1) is 16.9 Å². The second-order valence-corrected chi connectivity index (χ2v) is 5.88. The van der Waals surface area contributed by atoms with Gasteiger partial charge in [-0.25, -0.2) is 0 Å². The number of halogens is 1. The molecule has 114 valence electrons. The van der Waals surface area contributed by atoms with E-state index in [0.29, 0.717) is 16.7 Å². The first-order valence-corrected chi connectivity index (χ1v) is 7.31. The van der Waals surface area contributed by atoms with Crippen LogP contribution in [-0.4, -0.2) is 56.4 Å². The number of piperazine rings is 1. The average molecular weight is 311 g/mol. The molecule has 2 aromatic heterocycles. The van der Waals surface area contributed by atoms with Crippen molar-refractivity contribution in [1.29, 1.82) is 0 Å². The van der Waals surface area contributed by atoms with Crippen LogP contribution >= 0.6 is 11.6 Å². The van der Waals surface area contributed by atoms with Crippen molar-refractivity contribution in [2.75, 3.05) is 26.7 Å². The fraction of sp³-hybridized carbons (Fsp3) is 0.615. The third-order valence-electron chi connectivity index (χ3n) is 3.94. The van der Waals surface area contributed by atoms with Crippen molar-refractivity contribution in [3.05, 3.63) is 28.6 Å². The molecular weight excluding hydrogens is 292 g/mol. The van der Waals surface area contributed by atoms with Gasteiger partial charge in [-0.2, -0.15) is 10.1 Å². The molecule has 0 radical (unpaired) electrons. The van der Waals surface area contributed by atoms with Gasteiger partial charge in [0.1, 0.15) is 6.04 Å². The highest BCUT2D eigenvalue weighted by atomic mass is 35.5. The lowest BCUT2D eigenvalue weighted by Crippen LogP contribution is -2.46. The maximum atomic E-state index is 6.19. The summed E-state index contributed by atoms with van der Waals surface area (Å²) in [7, 11) is 3.99. The topological polar surface area (TPSA) is 63.2 Å². The summed E-state index contributed by atoms with van der Waals surface area (Å²) in [4.78, 5) is 8.95. The number of rotatable bonds is 3. The monoisotopic (exact) mass is 310 g/mol. The first-order valence-electron chi connectivity index (χ1n) is 6.93. The third kappa shape index (κ3) is 2.95. The summed E-state index contributed by atoms with van der Waals surface area (Å²) in [6.45, 7) is 5.36. The molecular formula is C13H19ClN6O. The van der Waals surface area contributed by atoms with Crippen LogP contribution in [0.25, 0.3) is 0 Å². The van der Waals surface area contributed by atoms with Gasteiger partial charge in [-0.1, -0.05) is 16.8 Å². The van der Waals surface area contributed by atoms with Crippen LogP contribution in [-0.2, 0) is 13.6 Å². The Balaban J connectivity index is 1.74. The first kappa shape index (κ1) is 14.5. The zero-order valence-corrected chi connectivity index (χ0v) is 13.2. The minimum Gasteiger partial charge on any atom is -0.338 e. The largest absolute Gasteiger partial charge is 0.338 e. The molecule has 3 rings (SSSR count). The lowest BCUT2D eigenvalue weighted by atomic mass is 10.1. The Morgan fingerprint density at radius 3 is 2.81 bits per heavy atom. The minimum atomic E-state index is 0.118. The maximum absolute atomic E-state index is 6.19. The highest BCUT2D eigenvalue weighted by Crippen LogP contribution is 2.25. The van der Waals surface area contributed by atoms with Crippen LogP contribution in [0.2, 0.25) is 5.02 Å². The van der Waals surface area contributed by atoms with Crippen LogP contribution in [0, 0.1) is 6.92 Å². The molecule has 0 spiro atoms. The van der Waals surface area contributed by atoms with Crippen LogP contribution in [0.5, 0.6) is 0 Å². The van der Waals surface area contributed by atoms with E-state index in [4.69, 9.17) is 16.1 Å². The van der Waals surface area contributed by atoms with Gasteiger partial charge < -0.3 is 4.52 Å². The Bertz CT molecular complexity index is 604. The summed E-state index contributed by atoms with van der Waals surface area (Å²) in [6.07, 6.45) is 1.69. The average Bonchev–Trinajstić information content (AvgIpc) is 3.01. The Morgan fingerprint density at radius 2 is 2.19 bits per heavy atom. The van der Waals surface area contributed by atoms with Gasteiger partial charge >= 0.3 is 0 Å². The van der Waals surface area contributed by atoms with Gasteiger partial charge in [0.25, 0.3) is 0 Å². The Morgan fingerprint density at radius 1 is 1.38 bits per heavy atom. The lowest BCUT2D eigenvalue weighted by Gasteiger charge is -2.37. The summed E-state index contributed by atoms with van der Waals surface area (Å²) in [5.74, 6) is 1.35. The molecule has 1 atom stereocenters. The number of aryl methyl sites for hydroxylation is 2. The van der Waals surface area contributed by atoms with Gasteiger partial charge in [0, 0.05) is 33.2 Å². The van der Waals surface area contributed by atoms with Crippen molar-refractivity contribution in [2.45, 2.75) is 19.5 Å². The molecule has 0 bridgehead atoms. The standard InChI is InChI=1S/C13H19ClN6O/c1-9-16-13(21-17-9)12-8-20(5-4-18(12)2)7-11-10(14)6-15-19(11)3/h6,12H,4-5,7-8H2,1-3H3/t12-/m1/s1. The molecule has 21 heavy (non-hydrogen) atoms. The van der Waals surface area contributed by atoms with E-state index in [2.05, 4.69) is 32.1 Å². The molecule has 0 unspecified atom stereocenters. The number of hydrogen-bond donors (Lipinski definition) is 0. The Hall–Kier alpha value is -1.44. The molecule has 0 saturated carbocycles. The van der Waals surface area contributed by atoms with E-state index in [1.807, 2.05) is 18.7 Å². The van der Waals surface area contributed by atoms with E-state index in [0.717, 1.165) is 31.9 Å². The van der Waals surface area contributed by atoms with Crippen molar-refractivity contribution in [2.24, 2.45) is 7.05 Å². The zero-order valence-electron chi connectivity index (χ0n) is 12.5. The summed E-state index contributed by atoms with van der Waals surface area (Å²) in [5.41, 5.74) is 1.03. The SMILES string of the molecule is Cc1noc([C@H]2CN(Cc3c(Cl)cnn3C)CCN2C)n1. The van der Waals surface area contributed by atoms with Gasteiger partial charge in [-0.15, -0.1) is 0 Å². The van der Waals surface area contributed by atoms with Gasteiger partial charge in [0.15, 0.2) is 5.82 Å². The fourth-order valence-corrected chi connectivity index (χ4v) is 2.84. The van der Waals surface area contributed by atoms with E-state index in [1.54, 1.807) is 6.20 Å². The molecule has 0 aromatic carbocycles.